The molecule has 0 spiro atoms. The van der Waals surface area contributed by atoms with Crippen LogP contribution in [0, 0.1) is 12.7 Å². The van der Waals surface area contributed by atoms with E-state index in [1.54, 1.807) is 12.1 Å². The third-order valence-electron chi connectivity index (χ3n) is 2.77. The molecule has 2 rings (SSSR count). The minimum absolute atomic E-state index is 0.0927. The molecule has 1 aromatic carbocycles. The number of thiocarbonyl (C=S) groups is 1. The summed E-state index contributed by atoms with van der Waals surface area (Å²) in [6.45, 7) is 1.68. The number of halogens is 1. The minimum Gasteiger partial charge on any atom is -0.389 e. The quantitative estimate of drug-likeness (QED) is 0.817. The summed E-state index contributed by atoms with van der Waals surface area (Å²) in [5.41, 5.74) is 6.04. The third kappa shape index (κ3) is 3.85. The number of rotatable bonds is 5. The number of hydrogen-bond donors (Lipinski definition) is 2. The topological polar surface area (TPSA) is 72.2 Å². The van der Waals surface area contributed by atoms with Crippen LogP contribution in [0.5, 0.6) is 0 Å². The molecule has 0 atom stereocenters. The predicted octanol–water partition coefficient (Wildman–Crippen LogP) is 2.31. The van der Waals surface area contributed by atoms with Crippen molar-refractivity contribution in [2.24, 2.45) is 5.73 Å². The zero-order valence-electron chi connectivity index (χ0n) is 11.1. The van der Waals surface area contributed by atoms with E-state index in [2.05, 4.69) is 4.72 Å². The van der Waals surface area contributed by atoms with Crippen LogP contribution >= 0.6 is 23.6 Å². The maximum absolute atomic E-state index is 13.8. The van der Waals surface area contributed by atoms with Gasteiger partial charge in [0.25, 0.3) is 0 Å². The van der Waals surface area contributed by atoms with Gasteiger partial charge < -0.3 is 5.73 Å². The molecular weight excluding hydrogens is 331 g/mol. The highest BCUT2D eigenvalue weighted by molar-refractivity contribution is 7.91. The van der Waals surface area contributed by atoms with E-state index >= 15 is 0 Å². The first-order valence-corrected chi connectivity index (χ1v) is 8.65. The number of benzene rings is 1. The average Bonchev–Trinajstić information content (AvgIpc) is 2.84. The molecule has 3 N–H and O–H groups in total. The van der Waals surface area contributed by atoms with Gasteiger partial charge in [-0.25, -0.2) is 17.5 Å². The van der Waals surface area contributed by atoms with Crippen molar-refractivity contribution in [2.75, 3.05) is 0 Å². The summed E-state index contributed by atoms with van der Waals surface area (Å²) in [4.78, 5) is 0.984. The van der Waals surface area contributed by atoms with Crippen LogP contribution in [0.1, 0.15) is 16.0 Å². The standard InChI is InChI=1S/C13H13FN2O2S3/c1-8-2-5-12(20-8)21(17,18)16-7-10-4-3-9(13(15)19)6-11(10)14/h2-6,16H,7H2,1H3,(H2,15,19). The minimum atomic E-state index is -3.63. The largest absolute Gasteiger partial charge is 0.389 e. The van der Waals surface area contributed by atoms with Crippen LogP contribution in [-0.4, -0.2) is 13.4 Å². The zero-order chi connectivity index (χ0) is 15.6. The van der Waals surface area contributed by atoms with Gasteiger partial charge in [0.05, 0.1) is 0 Å². The number of sulfonamides is 1. The highest BCUT2D eigenvalue weighted by Gasteiger charge is 2.16. The van der Waals surface area contributed by atoms with Gasteiger partial charge in [-0.3, -0.25) is 0 Å². The van der Waals surface area contributed by atoms with Gasteiger partial charge in [-0.2, -0.15) is 0 Å². The molecule has 0 amide bonds. The van der Waals surface area contributed by atoms with E-state index in [9.17, 15) is 12.8 Å². The second-order valence-corrected chi connectivity index (χ2v) is 8.08. The first-order chi connectivity index (χ1) is 9.79. The fourth-order valence-corrected chi connectivity index (χ4v) is 4.11. The van der Waals surface area contributed by atoms with Gasteiger partial charge in [0.15, 0.2) is 0 Å². The maximum atomic E-state index is 13.8. The van der Waals surface area contributed by atoms with E-state index in [4.69, 9.17) is 18.0 Å². The van der Waals surface area contributed by atoms with Crippen LogP contribution in [0.2, 0.25) is 0 Å². The normalized spacial score (nSPS) is 11.5. The molecule has 0 bridgehead atoms. The number of thiophene rings is 1. The molecule has 2 aromatic rings. The number of aryl methyl sites for hydroxylation is 1. The monoisotopic (exact) mass is 344 g/mol. The van der Waals surface area contributed by atoms with Crippen molar-refractivity contribution in [1.82, 2.24) is 4.72 Å². The summed E-state index contributed by atoms with van der Waals surface area (Å²) in [7, 11) is -3.63. The first kappa shape index (κ1) is 16.0. The Labute approximate surface area is 131 Å². The molecule has 0 aliphatic rings. The van der Waals surface area contributed by atoms with Crippen LogP contribution < -0.4 is 10.5 Å². The number of hydrogen-bond acceptors (Lipinski definition) is 4. The van der Waals surface area contributed by atoms with Crippen molar-refractivity contribution < 1.29 is 12.8 Å². The zero-order valence-corrected chi connectivity index (χ0v) is 13.5. The Hall–Kier alpha value is -1.35. The summed E-state index contributed by atoms with van der Waals surface area (Å²) in [5.74, 6) is -0.551. The molecule has 0 aliphatic carbocycles. The maximum Gasteiger partial charge on any atom is 0.250 e. The summed E-state index contributed by atoms with van der Waals surface area (Å²) < 4.78 is 40.5. The van der Waals surface area contributed by atoms with Crippen LogP contribution in [-0.2, 0) is 16.6 Å². The van der Waals surface area contributed by atoms with Crippen molar-refractivity contribution >= 4 is 38.6 Å². The Morgan fingerprint density at radius 3 is 2.62 bits per heavy atom. The molecule has 0 saturated heterocycles. The fourth-order valence-electron chi connectivity index (χ4n) is 1.64. The number of nitrogens with two attached hydrogens (primary N) is 1. The molecule has 21 heavy (non-hydrogen) atoms. The lowest BCUT2D eigenvalue weighted by Crippen LogP contribution is -2.23. The fraction of sp³-hybridized carbons (Fsp3) is 0.154. The first-order valence-electron chi connectivity index (χ1n) is 5.94. The molecule has 0 unspecified atom stereocenters. The molecule has 0 aliphatic heterocycles. The Morgan fingerprint density at radius 1 is 1.38 bits per heavy atom. The molecule has 0 radical (unpaired) electrons. The molecule has 112 valence electrons. The lowest BCUT2D eigenvalue weighted by molar-refractivity contribution is 0.576. The Kier molecular flexibility index (Phi) is 4.72. The van der Waals surface area contributed by atoms with Gasteiger partial charge in [0.1, 0.15) is 15.0 Å². The van der Waals surface area contributed by atoms with Crippen LogP contribution in [0.3, 0.4) is 0 Å². The summed E-state index contributed by atoms with van der Waals surface area (Å²) in [6, 6.07) is 7.46. The predicted molar refractivity (Wildman–Crippen MR) is 85.4 cm³/mol. The molecule has 1 aromatic heterocycles. The highest BCUT2D eigenvalue weighted by Crippen LogP contribution is 2.21. The summed E-state index contributed by atoms with van der Waals surface area (Å²) >= 11 is 5.92. The lowest BCUT2D eigenvalue weighted by Gasteiger charge is -2.07. The van der Waals surface area contributed by atoms with Gasteiger partial charge in [0, 0.05) is 22.5 Å². The van der Waals surface area contributed by atoms with Crippen molar-refractivity contribution in [1.29, 1.82) is 0 Å². The Morgan fingerprint density at radius 2 is 2.10 bits per heavy atom. The molecule has 8 heteroatoms. The van der Waals surface area contributed by atoms with Gasteiger partial charge in [-0.05, 0) is 25.1 Å². The number of nitrogens with one attached hydrogen (secondary N) is 1. The van der Waals surface area contributed by atoms with Gasteiger partial charge in [0.2, 0.25) is 10.0 Å². The lowest BCUT2D eigenvalue weighted by atomic mass is 10.1. The summed E-state index contributed by atoms with van der Waals surface area (Å²) in [6.07, 6.45) is 0. The van der Waals surface area contributed by atoms with E-state index in [1.807, 2.05) is 6.92 Å². The Bertz CT molecular complexity index is 784. The third-order valence-corrected chi connectivity index (χ3v) is 5.90. The van der Waals surface area contributed by atoms with Gasteiger partial charge in [-0.15, -0.1) is 11.3 Å². The molecule has 1 heterocycles. The van der Waals surface area contributed by atoms with Crippen LogP contribution in [0.4, 0.5) is 4.39 Å². The van der Waals surface area contributed by atoms with Crippen LogP contribution in [0.25, 0.3) is 0 Å². The average molecular weight is 344 g/mol. The highest BCUT2D eigenvalue weighted by atomic mass is 32.2. The van der Waals surface area contributed by atoms with E-state index in [1.165, 1.54) is 18.2 Å². The van der Waals surface area contributed by atoms with Crippen LogP contribution in [0.15, 0.2) is 34.5 Å². The second kappa shape index (κ2) is 6.18. The second-order valence-electron chi connectivity index (χ2n) is 4.36. The SMILES string of the molecule is Cc1ccc(S(=O)(=O)NCc2ccc(C(N)=S)cc2F)s1. The van der Waals surface area contributed by atoms with E-state index < -0.39 is 15.8 Å². The van der Waals surface area contributed by atoms with Gasteiger partial charge in [-0.1, -0.05) is 24.4 Å². The van der Waals surface area contributed by atoms with Gasteiger partial charge >= 0.3 is 0 Å². The van der Waals surface area contributed by atoms with Crippen molar-refractivity contribution in [3.05, 3.63) is 52.2 Å². The smallest absolute Gasteiger partial charge is 0.250 e. The van der Waals surface area contributed by atoms with E-state index in [0.29, 0.717) is 5.56 Å². The summed E-state index contributed by atoms with van der Waals surface area (Å²) in [5, 5.41) is 0. The van der Waals surface area contributed by atoms with E-state index in [0.717, 1.165) is 16.2 Å². The molecule has 0 saturated carbocycles. The Balaban J connectivity index is 2.15. The van der Waals surface area contributed by atoms with E-state index in [-0.39, 0.29) is 21.3 Å². The van der Waals surface area contributed by atoms with Crippen molar-refractivity contribution in [3.8, 4) is 0 Å². The molecule has 0 fully saturated rings. The molecule has 4 nitrogen and oxygen atoms in total. The van der Waals surface area contributed by atoms with Crippen molar-refractivity contribution in [2.45, 2.75) is 17.7 Å². The molecular formula is C13H13FN2O2S3. The van der Waals surface area contributed by atoms with Crippen molar-refractivity contribution in [3.63, 3.8) is 0 Å².